The molecule has 1 aromatic rings. The van der Waals surface area contributed by atoms with Gasteiger partial charge in [-0.2, -0.15) is 0 Å². The van der Waals surface area contributed by atoms with Gasteiger partial charge >= 0.3 is 6.09 Å². The molecule has 0 bridgehead atoms. The molecular formula is C21H24N4O6. The molecule has 0 saturated carbocycles. The quantitative estimate of drug-likeness (QED) is 0.691. The Morgan fingerprint density at radius 1 is 1.10 bits per heavy atom. The van der Waals surface area contributed by atoms with Gasteiger partial charge < -0.3 is 15.0 Å². The first-order chi connectivity index (χ1) is 14.5. The number of rotatable bonds is 3. The van der Waals surface area contributed by atoms with Gasteiger partial charge in [-0.25, -0.2) is 4.79 Å². The number of imide groups is 2. The van der Waals surface area contributed by atoms with E-state index in [1.165, 1.54) is 0 Å². The van der Waals surface area contributed by atoms with Crippen molar-refractivity contribution >= 4 is 35.4 Å². The molecule has 1 atom stereocenters. The van der Waals surface area contributed by atoms with Crippen molar-refractivity contribution in [1.82, 2.24) is 15.1 Å². The molecule has 0 aromatic heterocycles. The van der Waals surface area contributed by atoms with Gasteiger partial charge in [-0.1, -0.05) is 0 Å². The number of ether oxygens (including phenoxy) is 1. The Morgan fingerprint density at radius 2 is 1.77 bits per heavy atom. The largest absolute Gasteiger partial charge is 0.444 e. The van der Waals surface area contributed by atoms with Crippen molar-refractivity contribution in [3.8, 4) is 0 Å². The van der Waals surface area contributed by atoms with Crippen LogP contribution in [-0.2, 0) is 14.3 Å². The van der Waals surface area contributed by atoms with E-state index in [9.17, 15) is 24.0 Å². The first kappa shape index (κ1) is 20.8. The highest BCUT2D eigenvalue weighted by Crippen LogP contribution is 2.30. The summed E-state index contributed by atoms with van der Waals surface area (Å²) in [6.07, 6.45) is -0.184. The molecule has 1 aromatic carbocycles. The Morgan fingerprint density at radius 3 is 2.42 bits per heavy atom. The van der Waals surface area contributed by atoms with Crippen LogP contribution in [0.2, 0.25) is 0 Å². The molecule has 0 aliphatic carbocycles. The first-order valence-corrected chi connectivity index (χ1v) is 10.1. The smallest absolute Gasteiger partial charge is 0.410 e. The molecular weight excluding hydrogens is 404 g/mol. The molecule has 0 spiro atoms. The molecule has 0 radical (unpaired) electrons. The third kappa shape index (κ3) is 3.97. The van der Waals surface area contributed by atoms with Crippen molar-refractivity contribution < 1.29 is 28.7 Å². The van der Waals surface area contributed by atoms with Crippen molar-refractivity contribution in [1.29, 1.82) is 0 Å². The second-order valence-corrected chi connectivity index (χ2v) is 8.93. The number of hydrogen-bond acceptors (Lipinski definition) is 7. The minimum absolute atomic E-state index is 0.0102. The molecule has 164 valence electrons. The summed E-state index contributed by atoms with van der Waals surface area (Å²) in [5, 5.41) is 5.42. The number of benzene rings is 1. The third-order valence-electron chi connectivity index (χ3n) is 5.34. The maximum Gasteiger partial charge on any atom is 0.410 e. The Bertz CT molecular complexity index is 992. The highest BCUT2D eigenvalue weighted by Gasteiger charge is 2.44. The number of carbonyl (C=O) groups excluding carboxylic acids is 5. The lowest BCUT2D eigenvalue weighted by Crippen LogP contribution is -2.57. The Kier molecular flexibility index (Phi) is 4.95. The van der Waals surface area contributed by atoms with Gasteiger partial charge in [0.1, 0.15) is 11.6 Å². The van der Waals surface area contributed by atoms with Gasteiger partial charge in [0, 0.05) is 25.2 Å². The molecule has 1 unspecified atom stereocenters. The number of anilines is 1. The van der Waals surface area contributed by atoms with E-state index in [0.717, 1.165) is 4.90 Å². The molecule has 31 heavy (non-hydrogen) atoms. The molecule has 2 saturated heterocycles. The summed E-state index contributed by atoms with van der Waals surface area (Å²) in [5.41, 5.74) is 0.516. The molecule has 10 nitrogen and oxygen atoms in total. The van der Waals surface area contributed by atoms with Crippen LogP contribution in [0.4, 0.5) is 10.5 Å². The van der Waals surface area contributed by atoms with E-state index in [-0.39, 0.29) is 36.1 Å². The van der Waals surface area contributed by atoms with Crippen molar-refractivity contribution in [2.75, 3.05) is 18.4 Å². The molecule has 3 heterocycles. The van der Waals surface area contributed by atoms with Crippen LogP contribution >= 0.6 is 0 Å². The number of piperidine rings is 1. The fourth-order valence-corrected chi connectivity index (χ4v) is 3.84. The average Bonchev–Trinajstić information content (AvgIpc) is 2.87. The molecule has 3 aliphatic rings. The summed E-state index contributed by atoms with van der Waals surface area (Å²) in [7, 11) is 0. The summed E-state index contributed by atoms with van der Waals surface area (Å²) in [6, 6.07) is 3.82. The number of carbonyl (C=O) groups is 5. The van der Waals surface area contributed by atoms with Gasteiger partial charge in [0.25, 0.3) is 11.8 Å². The zero-order valence-corrected chi connectivity index (χ0v) is 17.6. The van der Waals surface area contributed by atoms with E-state index in [4.69, 9.17) is 4.74 Å². The van der Waals surface area contributed by atoms with Crippen LogP contribution in [0.3, 0.4) is 0 Å². The van der Waals surface area contributed by atoms with Gasteiger partial charge in [0.15, 0.2) is 0 Å². The minimum atomic E-state index is -0.990. The first-order valence-electron chi connectivity index (χ1n) is 10.1. The molecule has 2 fully saturated rings. The van der Waals surface area contributed by atoms with E-state index in [0.29, 0.717) is 18.8 Å². The van der Waals surface area contributed by atoms with Crippen LogP contribution in [0.5, 0.6) is 0 Å². The van der Waals surface area contributed by atoms with Crippen LogP contribution in [0.15, 0.2) is 18.2 Å². The van der Waals surface area contributed by atoms with Crippen LogP contribution in [0.25, 0.3) is 0 Å². The third-order valence-corrected chi connectivity index (χ3v) is 5.34. The van der Waals surface area contributed by atoms with Crippen molar-refractivity contribution in [3.05, 3.63) is 29.3 Å². The molecule has 5 amide bonds. The second kappa shape index (κ2) is 7.36. The minimum Gasteiger partial charge on any atom is -0.444 e. The van der Waals surface area contributed by atoms with E-state index in [1.807, 2.05) is 0 Å². The fourth-order valence-electron chi connectivity index (χ4n) is 3.84. The fraction of sp³-hybridized carbons (Fsp3) is 0.476. The zero-order chi connectivity index (χ0) is 22.5. The average molecular weight is 428 g/mol. The lowest BCUT2D eigenvalue weighted by Gasteiger charge is -2.40. The summed E-state index contributed by atoms with van der Waals surface area (Å²) in [6.45, 7) is 6.34. The number of fused-ring (bicyclic) bond motifs is 1. The SMILES string of the molecule is CC(C)(C)OC(=O)N1CC(Nc2ccc3c(c2)C(=O)N(C2CCC(=O)NC2=O)C3=O)C1. The topological polar surface area (TPSA) is 125 Å². The number of likely N-dealkylation sites (tertiary alicyclic amines) is 1. The van der Waals surface area contributed by atoms with Gasteiger partial charge in [-0.15, -0.1) is 0 Å². The van der Waals surface area contributed by atoms with Crippen LogP contribution < -0.4 is 10.6 Å². The van der Waals surface area contributed by atoms with Crippen molar-refractivity contribution in [2.45, 2.75) is 51.3 Å². The van der Waals surface area contributed by atoms with Gasteiger partial charge in [0.05, 0.1) is 17.2 Å². The van der Waals surface area contributed by atoms with Gasteiger partial charge in [-0.05, 0) is 45.4 Å². The summed E-state index contributed by atoms with van der Waals surface area (Å²) < 4.78 is 5.33. The summed E-state index contributed by atoms with van der Waals surface area (Å²) in [4.78, 5) is 63.7. The van der Waals surface area contributed by atoms with E-state index >= 15 is 0 Å². The maximum atomic E-state index is 12.9. The highest BCUT2D eigenvalue weighted by molar-refractivity contribution is 6.23. The van der Waals surface area contributed by atoms with E-state index < -0.39 is 35.3 Å². The summed E-state index contributed by atoms with van der Waals surface area (Å²) >= 11 is 0. The number of nitrogens with zero attached hydrogens (tertiary/aromatic N) is 2. The Hall–Kier alpha value is -3.43. The number of nitrogens with one attached hydrogen (secondary N) is 2. The van der Waals surface area contributed by atoms with Crippen molar-refractivity contribution in [3.63, 3.8) is 0 Å². The maximum absolute atomic E-state index is 12.9. The van der Waals surface area contributed by atoms with Crippen LogP contribution in [0, 0.1) is 0 Å². The van der Waals surface area contributed by atoms with Gasteiger partial charge in [0.2, 0.25) is 11.8 Å². The Balaban J connectivity index is 1.41. The number of hydrogen-bond donors (Lipinski definition) is 2. The zero-order valence-electron chi connectivity index (χ0n) is 17.6. The molecule has 4 rings (SSSR count). The Labute approximate surface area is 178 Å². The van der Waals surface area contributed by atoms with Crippen molar-refractivity contribution in [2.24, 2.45) is 0 Å². The van der Waals surface area contributed by atoms with Gasteiger partial charge in [-0.3, -0.25) is 29.4 Å². The van der Waals surface area contributed by atoms with E-state index in [2.05, 4.69) is 10.6 Å². The normalized spacial score (nSPS) is 21.6. The van der Waals surface area contributed by atoms with Crippen LogP contribution in [0.1, 0.15) is 54.3 Å². The molecule has 3 aliphatic heterocycles. The standard InChI is InChI=1S/C21H24N4O6/c1-21(2,3)31-20(30)24-9-12(10-24)22-11-4-5-13-14(8-11)19(29)25(18(13)28)15-6-7-16(26)23-17(15)27/h4-5,8,12,15,22H,6-7,9-10H2,1-3H3,(H,23,26,27). The predicted molar refractivity (Wildman–Crippen MR) is 108 cm³/mol. The predicted octanol–water partition coefficient (Wildman–Crippen LogP) is 1.12. The second-order valence-electron chi connectivity index (χ2n) is 8.93. The molecule has 2 N–H and O–H groups in total. The highest BCUT2D eigenvalue weighted by atomic mass is 16.6. The lowest BCUT2D eigenvalue weighted by molar-refractivity contribution is -0.136. The molecule has 10 heteroatoms. The monoisotopic (exact) mass is 428 g/mol. The van der Waals surface area contributed by atoms with Crippen LogP contribution in [-0.4, -0.2) is 70.3 Å². The number of amides is 5. The van der Waals surface area contributed by atoms with E-state index in [1.54, 1.807) is 43.9 Å². The summed E-state index contributed by atoms with van der Waals surface area (Å²) in [5.74, 6) is -2.14. The lowest BCUT2D eigenvalue weighted by atomic mass is 10.0.